The van der Waals surface area contributed by atoms with Gasteiger partial charge in [-0.15, -0.1) is 0 Å². The van der Waals surface area contributed by atoms with Crippen molar-refractivity contribution in [2.45, 2.75) is 12.8 Å². The third-order valence-electron chi connectivity index (χ3n) is 10.6. The van der Waals surface area contributed by atoms with Gasteiger partial charge in [-0.3, -0.25) is 0 Å². The van der Waals surface area contributed by atoms with Gasteiger partial charge < -0.3 is 9.80 Å². The summed E-state index contributed by atoms with van der Waals surface area (Å²) in [6.45, 7) is 0. The van der Waals surface area contributed by atoms with Gasteiger partial charge in [-0.05, 0) is 118 Å². The fourth-order valence-electron chi connectivity index (χ4n) is 7.68. The molecule has 0 saturated carbocycles. The van der Waals surface area contributed by atoms with Crippen molar-refractivity contribution in [3.05, 3.63) is 242 Å². The highest BCUT2D eigenvalue weighted by molar-refractivity contribution is 5.78. The van der Waals surface area contributed by atoms with Crippen LogP contribution in [0.1, 0.15) is 12.8 Å². The Bertz CT molecular complexity index is 2210. The first-order valence-electron chi connectivity index (χ1n) is 19.4. The van der Waals surface area contributed by atoms with Crippen molar-refractivity contribution < 1.29 is 0 Å². The van der Waals surface area contributed by atoms with E-state index in [-0.39, 0.29) is 0 Å². The summed E-state index contributed by atoms with van der Waals surface area (Å²) in [5, 5.41) is 0. The molecular weight excluding hydrogens is 677 g/mol. The Labute approximate surface area is 330 Å². The average Bonchev–Trinajstić information content (AvgIpc) is 3.29. The first-order chi connectivity index (χ1) is 27.8. The lowest BCUT2D eigenvalue weighted by atomic mass is 10.00. The molecule has 0 aromatic heterocycles. The predicted octanol–water partition coefficient (Wildman–Crippen LogP) is 14.9. The molecule has 0 unspecified atom stereocenters. The van der Waals surface area contributed by atoms with E-state index in [9.17, 15) is 0 Å². The second kappa shape index (κ2) is 16.1. The molecule has 0 spiro atoms. The van der Waals surface area contributed by atoms with Crippen LogP contribution in [0.5, 0.6) is 0 Å². The van der Waals surface area contributed by atoms with E-state index in [0.29, 0.717) is 0 Å². The van der Waals surface area contributed by atoms with Crippen LogP contribution in [0.15, 0.2) is 242 Å². The van der Waals surface area contributed by atoms with Gasteiger partial charge in [0, 0.05) is 34.1 Å². The molecule has 0 saturated heterocycles. The SMILES string of the molecule is C1=C(N(c2ccc(-c3ccccc3)cc2)c2ccc(-c3ccccc3)cc2)CCC(N(c2ccc(-c3ccccc3)cc2)c2ccc(-c3ccccc3)cc2)=C1. The first-order valence-corrected chi connectivity index (χ1v) is 19.4. The molecule has 2 heteroatoms. The van der Waals surface area contributed by atoms with Gasteiger partial charge >= 0.3 is 0 Å². The van der Waals surface area contributed by atoms with Gasteiger partial charge in [-0.2, -0.15) is 0 Å². The standard InChI is InChI=1S/C54H42N2/c1-5-13-41(14-6-1)45-21-29-49(30-22-45)55(50-31-23-46(24-32-50)42-15-7-2-8-16-42)53-37-39-54(40-38-53)56(51-33-25-47(26-34-51)43-17-9-3-10-18-43)52-35-27-48(28-36-52)44-19-11-4-12-20-44/h1-37,39H,38,40H2. The van der Waals surface area contributed by atoms with Crippen LogP contribution in [-0.4, -0.2) is 0 Å². The number of rotatable bonds is 10. The summed E-state index contributed by atoms with van der Waals surface area (Å²) in [4.78, 5) is 4.84. The monoisotopic (exact) mass is 718 g/mol. The van der Waals surface area contributed by atoms with Gasteiger partial charge in [-0.25, -0.2) is 0 Å². The van der Waals surface area contributed by atoms with Gasteiger partial charge in [0.05, 0.1) is 0 Å². The van der Waals surface area contributed by atoms with E-state index in [4.69, 9.17) is 0 Å². The highest BCUT2D eigenvalue weighted by Crippen LogP contribution is 2.40. The Morgan fingerprint density at radius 3 is 0.607 bits per heavy atom. The number of nitrogens with zero attached hydrogens (tertiary/aromatic N) is 2. The molecule has 0 amide bonds. The molecule has 0 aliphatic heterocycles. The Hall–Kier alpha value is -7.16. The van der Waals surface area contributed by atoms with Crippen LogP contribution in [0.25, 0.3) is 44.5 Å². The molecule has 0 fully saturated rings. The summed E-state index contributed by atoms with van der Waals surface area (Å²) in [6.07, 6.45) is 6.40. The van der Waals surface area contributed by atoms with Crippen LogP contribution in [0, 0.1) is 0 Å². The molecule has 0 radical (unpaired) electrons. The van der Waals surface area contributed by atoms with Crippen molar-refractivity contribution >= 4 is 22.7 Å². The summed E-state index contributed by atoms with van der Waals surface area (Å²) < 4.78 is 0. The summed E-state index contributed by atoms with van der Waals surface area (Å²) in [5.74, 6) is 0. The quantitative estimate of drug-likeness (QED) is 0.139. The zero-order valence-electron chi connectivity index (χ0n) is 31.2. The second-order valence-corrected chi connectivity index (χ2v) is 14.1. The van der Waals surface area contributed by atoms with Crippen LogP contribution in [0.2, 0.25) is 0 Å². The average molecular weight is 719 g/mol. The minimum atomic E-state index is 0.882. The number of allylic oxidation sites excluding steroid dienone is 4. The second-order valence-electron chi connectivity index (χ2n) is 14.1. The van der Waals surface area contributed by atoms with Crippen molar-refractivity contribution in [1.29, 1.82) is 0 Å². The van der Waals surface area contributed by atoms with Crippen molar-refractivity contribution in [2.24, 2.45) is 0 Å². The number of anilines is 4. The molecule has 1 aliphatic carbocycles. The highest BCUT2D eigenvalue weighted by atomic mass is 15.2. The zero-order valence-corrected chi connectivity index (χ0v) is 31.2. The lowest BCUT2D eigenvalue weighted by Gasteiger charge is -2.33. The molecule has 0 bridgehead atoms. The highest BCUT2D eigenvalue weighted by Gasteiger charge is 2.22. The maximum atomic E-state index is 2.42. The molecule has 0 heterocycles. The van der Waals surface area contributed by atoms with Crippen molar-refractivity contribution in [3.8, 4) is 44.5 Å². The normalized spacial score (nSPS) is 12.4. The third kappa shape index (κ3) is 7.46. The van der Waals surface area contributed by atoms with Gasteiger partial charge in [0.2, 0.25) is 0 Å². The number of benzene rings is 8. The Kier molecular flexibility index (Phi) is 9.92. The summed E-state index contributed by atoms with van der Waals surface area (Å²) in [5.41, 5.74) is 16.8. The molecule has 8 aromatic rings. The molecule has 0 N–H and O–H groups in total. The molecule has 0 atom stereocenters. The molecule has 9 rings (SSSR count). The minimum Gasteiger partial charge on any atom is -0.314 e. The molecular formula is C54H42N2. The lowest BCUT2D eigenvalue weighted by Crippen LogP contribution is -2.22. The maximum Gasteiger partial charge on any atom is 0.0458 e. The number of hydrogen-bond acceptors (Lipinski definition) is 2. The topological polar surface area (TPSA) is 6.48 Å². The summed E-state index contributed by atoms with van der Waals surface area (Å²) in [7, 11) is 0. The molecule has 8 aromatic carbocycles. The van der Waals surface area contributed by atoms with E-state index in [0.717, 1.165) is 35.6 Å². The van der Waals surface area contributed by atoms with Crippen LogP contribution >= 0.6 is 0 Å². The van der Waals surface area contributed by atoms with Crippen LogP contribution in [0.4, 0.5) is 22.7 Å². The lowest BCUT2D eigenvalue weighted by molar-refractivity contribution is 0.851. The van der Waals surface area contributed by atoms with Crippen molar-refractivity contribution in [1.82, 2.24) is 0 Å². The van der Waals surface area contributed by atoms with E-state index in [1.165, 1.54) is 55.9 Å². The van der Waals surface area contributed by atoms with Crippen molar-refractivity contribution in [3.63, 3.8) is 0 Å². The summed E-state index contributed by atoms with van der Waals surface area (Å²) in [6, 6.07) is 78.3. The molecule has 268 valence electrons. The van der Waals surface area contributed by atoms with E-state index in [1.807, 2.05) is 0 Å². The van der Waals surface area contributed by atoms with Crippen LogP contribution in [-0.2, 0) is 0 Å². The predicted molar refractivity (Wildman–Crippen MR) is 237 cm³/mol. The third-order valence-corrected chi connectivity index (χ3v) is 10.6. The maximum absolute atomic E-state index is 2.42. The largest absolute Gasteiger partial charge is 0.314 e. The fourth-order valence-corrected chi connectivity index (χ4v) is 7.68. The van der Waals surface area contributed by atoms with Gasteiger partial charge in [-0.1, -0.05) is 170 Å². The van der Waals surface area contributed by atoms with Gasteiger partial charge in [0.15, 0.2) is 0 Å². The first kappa shape index (κ1) is 34.6. The van der Waals surface area contributed by atoms with Crippen LogP contribution < -0.4 is 9.80 Å². The van der Waals surface area contributed by atoms with E-state index < -0.39 is 0 Å². The molecule has 56 heavy (non-hydrogen) atoms. The van der Waals surface area contributed by atoms with Crippen LogP contribution in [0.3, 0.4) is 0 Å². The van der Waals surface area contributed by atoms with E-state index in [1.54, 1.807) is 0 Å². The molecule has 1 aliphatic rings. The zero-order chi connectivity index (χ0) is 37.5. The smallest absolute Gasteiger partial charge is 0.0458 e. The molecule has 2 nitrogen and oxygen atoms in total. The Morgan fingerprint density at radius 1 is 0.214 bits per heavy atom. The Morgan fingerprint density at radius 2 is 0.411 bits per heavy atom. The fraction of sp³-hybridized carbons (Fsp3) is 0.0370. The summed E-state index contributed by atoms with van der Waals surface area (Å²) >= 11 is 0. The Balaban J connectivity index is 1.09. The van der Waals surface area contributed by atoms with Crippen molar-refractivity contribution in [2.75, 3.05) is 9.80 Å². The van der Waals surface area contributed by atoms with E-state index >= 15 is 0 Å². The minimum absolute atomic E-state index is 0.882. The number of hydrogen-bond donors (Lipinski definition) is 0. The van der Waals surface area contributed by atoms with Gasteiger partial charge in [0.25, 0.3) is 0 Å². The van der Waals surface area contributed by atoms with E-state index in [2.05, 4.69) is 240 Å². The van der Waals surface area contributed by atoms with Gasteiger partial charge in [0.1, 0.15) is 0 Å².